The molecule has 0 bridgehead atoms. The summed E-state index contributed by atoms with van der Waals surface area (Å²) in [5.74, 6) is -0.358. The molecular weight excluding hydrogens is 314 g/mol. The van der Waals surface area contributed by atoms with E-state index in [9.17, 15) is 4.79 Å². The zero-order valence-electron chi connectivity index (χ0n) is 13.3. The van der Waals surface area contributed by atoms with Gasteiger partial charge in [-0.25, -0.2) is 4.98 Å². The first-order valence-corrected chi connectivity index (χ1v) is 7.65. The molecule has 1 amide bonds. The van der Waals surface area contributed by atoms with Crippen LogP contribution < -0.4 is 10.6 Å². The minimum Gasteiger partial charge on any atom is -0.380 e. The summed E-state index contributed by atoms with van der Waals surface area (Å²) in [6, 6.07) is 16.2. The molecule has 0 atom stereocenters. The number of para-hydroxylation sites is 1. The van der Waals surface area contributed by atoms with E-state index in [-0.39, 0.29) is 11.6 Å². The van der Waals surface area contributed by atoms with E-state index < -0.39 is 0 Å². The first-order valence-electron chi connectivity index (χ1n) is 7.65. The van der Waals surface area contributed by atoms with Crippen LogP contribution >= 0.6 is 0 Å². The molecule has 0 aliphatic heterocycles. The fourth-order valence-corrected chi connectivity index (χ4v) is 2.21. The summed E-state index contributed by atoms with van der Waals surface area (Å²) in [7, 11) is 0. The molecule has 2 aromatic heterocycles. The Morgan fingerprint density at radius 2 is 1.88 bits per heavy atom. The van der Waals surface area contributed by atoms with Gasteiger partial charge in [0, 0.05) is 18.9 Å². The van der Waals surface area contributed by atoms with Gasteiger partial charge in [-0.3, -0.25) is 9.78 Å². The average Bonchev–Trinajstić information content (AvgIpc) is 2.68. The number of rotatable bonds is 5. The molecule has 0 radical (unpaired) electrons. The molecule has 0 aliphatic carbocycles. The highest BCUT2D eigenvalue weighted by Crippen LogP contribution is 2.15. The maximum Gasteiger partial charge on any atom is 0.274 e. The molecule has 0 fully saturated rings. The van der Waals surface area contributed by atoms with Crippen molar-refractivity contribution in [1.82, 2.24) is 9.97 Å². The SMILES string of the molecule is N#Cc1ccccc1NC(=O)c1ccc(NCc2ccncc2)cn1. The first-order chi connectivity index (χ1) is 12.3. The fourth-order valence-electron chi connectivity index (χ4n) is 2.21. The first kappa shape index (κ1) is 16.1. The number of benzene rings is 1. The topological polar surface area (TPSA) is 90.7 Å². The van der Waals surface area contributed by atoms with Gasteiger partial charge in [-0.1, -0.05) is 12.1 Å². The standard InChI is InChI=1S/C19H15N5O/c20-11-15-3-1-2-4-17(15)24-19(25)18-6-5-16(13-23-18)22-12-14-7-9-21-10-8-14/h1-10,13,22H,12H2,(H,24,25). The van der Waals surface area contributed by atoms with E-state index in [0.29, 0.717) is 17.8 Å². The molecular formula is C19H15N5O. The van der Waals surface area contributed by atoms with E-state index in [2.05, 4.69) is 20.6 Å². The van der Waals surface area contributed by atoms with E-state index in [1.807, 2.05) is 18.2 Å². The molecule has 6 nitrogen and oxygen atoms in total. The third-order valence-electron chi connectivity index (χ3n) is 3.54. The number of amides is 1. The molecule has 3 rings (SSSR count). The van der Waals surface area contributed by atoms with Gasteiger partial charge >= 0.3 is 0 Å². The highest BCUT2D eigenvalue weighted by molar-refractivity contribution is 6.03. The predicted octanol–water partition coefficient (Wildman–Crippen LogP) is 3.21. The average molecular weight is 329 g/mol. The van der Waals surface area contributed by atoms with Crippen LogP contribution in [0.4, 0.5) is 11.4 Å². The van der Waals surface area contributed by atoms with E-state index in [1.165, 1.54) is 0 Å². The van der Waals surface area contributed by atoms with Crippen LogP contribution in [-0.2, 0) is 6.54 Å². The Kier molecular flexibility index (Phi) is 4.98. The number of nitrogens with one attached hydrogen (secondary N) is 2. The van der Waals surface area contributed by atoms with Crippen molar-refractivity contribution < 1.29 is 4.79 Å². The van der Waals surface area contributed by atoms with Crippen LogP contribution in [-0.4, -0.2) is 15.9 Å². The largest absolute Gasteiger partial charge is 0.380 e. The number of aromatic nitrogens is 2. The van der Waals surface area contributed by atoms with E-state index in [4.69, 9.17) is 5.26 Å². The van der Waals surface area contributed by atoms with Crippen LogP contribution in [0.1, 0.15) is 21.6 Å². The maximum atomic E-state index is 12.3. The highest BCUT2D eigenvalue weighted by atomic mass is 16.1. The van der Waals surface area contributed by atoms with Gasteiger partial charge in [-0.2, -0.15) is 5.26 Å². The monoisotopic (exact) mass is 329 g/mol. The Morgan fingerprint density at radius 3 is 2.60 bits per heavy atom. The van der Waals surface area contributed by atoms with Gasteiger partial charge in [0.1, 0.15) is 11.8 Å². The lowest BCUT2D eigenvalue weighted by Gasteiger charge is -2.08. The van der Waals surface area contributed by atoms with Crippen molar-refractivity contribution >= 4 is 17.3 Å². The zero-order valence-corrected chi connectivity index (χ0v) is 13.3. The number of nitriles is 1. The molecule has 3 aromatic rings. The quantitative estimate of drug-likeness (QED) is 0.750. The molecule has 2 N–H and O–H groups in total. The molecule has 0 saturated carbocycles. The van der Waals surface area contributed by atoms with Crippen molar-refractivity contribution in [2.45, 2.75) is 6.54 Å². The molecule has 0 spiro atoms. The number of carbonyl (C=O) groups excluding carboxylic acids is 1. The number of nitrogens with zero attached hydrogens (tertiary/aromatic N) is 3. The summed E-state index contributed by atoms with van der Waals surface area (Å²) in [4.78, 5) is 20.4. The van der Waals surface area contributed by atoms with Gasteiger partial charge in [0.15, 0.2) is 0 Å². The van der Waals surface area contributed by atoms with Gasteiger partial charge in [0.05, 0.1) is 23.1 Å². The molecule has 0 aliphatic rings. The number of pyridine rings is 2. The Labute approximate surface area is 145 Å². The highest BCUT2D eigenvalue weighted by Gasteiger charge is 2.10. The molecule has 0 unspecified atom stereocenters. The summed E-state index contributed by atoms with van der Waals surface area (Å²) in [5, 5.41) is 15.0. The molecule has 2 heterocycles. The van der Waals surface area contributed by atoms with Crippen molar-refractivity contribution in [3.63, 3.8) is 0 Å². The lowest BCUT2D eigenvalue weighted by molar-refractivity contribution is 0.102. The summed E-state index contributed by atoms with van der Waals surface area (Å²) in [6.45, 7) is 0.644. The van der Waals surface area contributed by atoms with Crippen LogP contribution in [0.15, 0.2) is 67.1 Å². The Hall–Kier alpha value is -3.72. The summed E-state index contributed by atoms with van der Waals surface area (Å²) < 4.78 is 0. The lowest BCUT2D eigenvalue weighted by Crippen LogP contribution is -2.14. The van der Waals surface area contributed by atoms with Gasteiger partial charge in [-0.15, -0.1) is 0 Å². The predicted molar refractivity (Wildman–Crippen MR) is 94.9 cm³/mol. The zero-order chi connectivity index (χ0) is 17.5. The second-order valence-electron chi connectivity index (χ2n) is 5.25. The molecule has 25 heavy (non-hydrogen) atoms. The smallest absolute Gasteiger partial charge is 0.274 e. The van der Waals surface area contributed by atoms with Crippen molar-refractivity contribution in [3.8, 4) is 6.07 Å². The van der Waals surface area contributed by atoms with Gasteiger partial charge < -0.3 is 10.6 Å². The normalized spacial score (nSPS) is 9.88. The maximum absolute atomic E-state index is 12.3. The van der Waals surface area contributed by atoms with Crippen LogP contribution in [0, 0.1) is 11.3 Å². The molecule has 0 saturated heterocycles. The molecule has 1 aromatic carbocycles. The number of carbonyl (C=O) groups is 1. The minimum absolute atomic E-state index is 0.280. The molecule has 6 heteroatoms. The van der Waals surface area contributed by atoms with Crippen LogP contribution in [0.5, 0.6) is 0 Å². The minimum atomic E-state index is -0.358. The van der Waals surface area contributed by atoms with Crippen molar-refractivity contribution in [2.24, 2.45) is 0 Å². The van der Waals surface area contributed by atoms with Gasteiger partial charge in [-0.05, 0) is 42.0 Å². The van der Waals surface area contributed by atoms with Crippen LogP contribution in [0.25, 0.3) is 0 Å². The number of anilines is 2. The van der Waals surface area contributed by atoms with Crippen LogP contribution in [0.3, 0.4) is 0 Å². The van der Waals surface area contributed by atoms with E-state index in [1.54, 1.807) is 55.0 Å². The van der Waals surface area contributed by atoms with Gasteiger partial charge in [0.2, 0.25) is 0 Å². The Balaban J connectivity index is 1.63. The lowest BCUT2D eigenvalue weighted by atomic mass is 10.2. The van der Waals surface area contributed by atoms with Crippen LogP contribution in [0.2, 0.25) is 0 Å². The van der Waals surface area contributed by atoms with E-state index in [0.717, 1.165) is 11.3 Å². The van der Waals surface area contributed by atoms with Crippen molar-refractivity contribution in [2.75, 3.05) is 10.6 Å². The number of hydrogen-bond acceptors (Lipinski definition) is 5. The van der Waals surface area contributed by atoms with Crippen molar-refractivity contribution in [3.05, 3.63) is 83.9 Å². The van der Waals surface area contributed by atoms with Crippen molar-refractivity contribution in [1.29, 1.82) is 5.26 Å². The Morgan fingerprint density at radius 1 is 1.08 bits per heavy atom. The van der Waals surface area contributed by atoms with Gasteiger partial charge in [0.25, 0.3) is 5.91 Å². The Bertz CT molecular complexity index is 901. The number of hydrogen-bond donors (Lipinski definition) is 2. The summed E-state index contributed by atoms with van der Waals surface area (Å²) >= 11 is 0. The van der Waals surface area contributed by atoms with E-state index >= 15 is 0 Å². The third-order valence-corrected chi connectivity index (χ3v) is 3.54. The third kappa shape index (κ3) is 4.18. The summed E-state index contributed by atoms with van der Waals surface area (Å²) in [5.41, 5.74) is 3.07. The molecule has 122 valence electrons. The fraction of sp³-hybridized carbons (Fsp3) is 0.0526. The second-order valence-corrected chi connectivity index (χ2v) is 5.25. The second kappa shape index (κ2) is 7.70. The summed E-state index contributed by atoms with van der Waals surface area (Å²) in [6.07, 6.45) is 5.08.